The van der Waals surface area contributed by atoms with Crippen LogP contribution in [0.25, 0.3) is 0 Å². The van der Waals surface area contributed by atoms with Crippen LogP contribution in [0.3, 0.4) is 0 Å². The maximum atomic E-state index is 12.4. The molecule has 0 spiro atoms. The highest BCUT2D eigenvalue weighted by Crippen LogP contribution is 2.26. The third kappa shape index (κ3) is 4.67. The van der Waals surface area contributed by atoms with Gasteiger partial charge in [0.1, 0.15) is 5.78 Å². The van der Waals surface area contributed by atoms with Gasteiger partial charge in [-0.2, -0.15) is 0 Å². The molecule has 1 fully saturated rings. The summed E-state index contributed by atoms with van der Waals surface area (Å²) < 4.78 is 0. The van der Waals surface area contributed by atoms with E-state index in [-0.39, 0.29) is 36.3 Å². The minimum absolute atomic E-state index is 0.0511. The number of rotatable bonds is 7. The van der Waals surface area contributed by atoms with E-state index >= 15 is 0 Å². The smallest absolute Gasteiger partial charge is 0.227 e. The van der Waals surface area contributed by atoms with Crippen LogP contribution >= 0.6 is 0 Å². The van der Waals surface area contributed by atoms with Crippen LogP contribution < -0.4 is 5.32 Å². The Morgan fingerprint density at radius 2 is 1.92 bits per heavy atom. The van der Waals surface area contributed by atoms with Crippen molar-refractivity contribution in [2.24, 2.45) is 11.8 Å². The lowest BCUT2D eigenvalue weighted by Crippen LogP contribution is -2.42. The van der Waals surface area contributed by atoms with E-state index in [9.17, 15) is 14.7 Å². The molecule has 0 aliphatic heterocycles. The number of carbonyl (C=O) groups excluding carboxylic acids is 2. The number of hydrogen-bond donors (Lipinski definition) is 2. The fourth-order valence-electron chi connectivity index (χ4n) is 3.21. The van der Waals surface area contributed by atoms with E-state index in [0.29, 0.717) is 5.78 Å². The monoisotopic (exact) mass is 331 g/mol. The van der Waals surface area contributed by atoms with Gasteiger partial charge >= 0.3 is 0 Å². The number of benzene rings is 1. The molecule has 3 atom stereocenters. The first-order chi connectivity index (χ1) is 11.4. The number of Topliss-reactive ketones (excluding diaryl/α,β-unsaturated/α-hetero) is 1. The molecule has 0 unspecified atom stereocenters. The molecule has 1 aliphatic carbocycles. The molecule has 2 rings (SSSR count). The molecule has 2 N–H and O–H groups in total. The Balaban J connectivity index is 1.96. The number of nitrogens with one attached hydrogen (secondary N) is 1. The molecule has 1 amide bonds. The van der Waals surface area contributed by atoms with Crippen LogP contribution in [-0.2, 0) is 16.0 Å². The third-order valence-electron chi connectivity index (χ3n) is 5.12. The quantitative estimate of drug-likeness (QED) is 0.807. The fourth-order valence-corrected chi connectivity index (χ4v) is 3.21. The number of aliphatic hydroxyl groups excluding tert-OH is 1. The van der Waals surface area contributed by atoms with Crippen LogP contribution in [0.4, 0.5) is 0 Å². The molecule has 0 saturated heterocycles. The van der Waals surface area contributed by atoms with Crippen molar-refractivity contribution in [3.8, 4) is 0 Å². The Hall–Kier alpha value is -1.68. The van der Waals surface area contributed by atoms with Gasteiger partial charge in [0.25, 0.3) is 0 Å². The van der Waals surface area contributed by atoms with Gasteiger partial charge in [-0.25, -0.2) is 0 Å². The Morgan fingerprint density at radius 1 is 1.25 bits per heavy atom. The van der Waals surface area contributed by atoms with Crippen LogP contribution in [0.1, 0.15) is 57.1 Å². The maximum Gasteiger partial charge on any atom is 0.227 e. The molecule has 1 saturated carbocycles. The molecular weight excluding hydrogens is 302 g/mol. The van der Waals surface area contributed by atoms with Crippen molar-refractivity contribution in [3.05, 3.63) is 35.4 Å². The summed E-state index contributed by atoms with van der Waals surface area (Å²) in [5, 5.41) is 12.3. The molecule has 4 nitrogen and oxygen atoms in total. The van der Waals surface area contributed by atoms with Crippen LogP contribution in [0, 0.1) is 11.8 Å². The summed E-state index contributed by atoms with van der Waals surface area (Å²) in [7, 11) is 0. The highest BCUT2D eigenvalue weighted by molar-refractivity contribution is 5.84. The molecule has 0 aromatic heterocycles. The molecule has 4 heteroatoms. The van der Waals surface area contributed by atoms with E-state index in [1.807, 2.05) is 45.0 Å². The fraction of sp³-hybridized carbons (Fsp3) is 0.600. The second kappa shape index (κ2) is 8.43. The molecule has 1 aliphatic rings. The summed E-state index contributed by atoms with van der Waals surface area (Å²) in [6, 6.07) is 7.78. The van der Waals surface area contributed by atoms with Crippen molar-refractivity contribution in [1.82, 2.24) is 5.32 Å². The van der Waals surface area contributed by atoms with Crippen molar-refractivity contribution in [3.63, 3.8) is 0 Å². The zero-order valence-electron chi connectivity index (χ0n) is 14.9. The number of amides is 1. The van der Waals surface area contributed by atoms with E-state index in [0.717, 1.165) is 36.8 Å². The second-order valence-electron chi connectivity index (χ2n) is 7.26. The zero-order valence-corrected chi connectivity index (χ0v) is 14.9. The predicted molar refractivity (Wildman–Crippen MR) is 94.8 cm³/mol. The van der Waals surface area contributed by atoms with Crippen LogP contribution in [0.2, 0.25) is 0 Å². The van der Waals surface area contributed by atoms with E-state index < -0.39 is 0 Å². The van der Waals surface area contributed by atoms with Gasteiger partial charge in [0.2, 0.25) is 5.91 Å². The van der Waals surface area contributed by atoms with Gasteiger partial charge in [-0.1, -0.05) is 38.1 Å². The van der Waals surface area contributed by atoms with Gasteiger partial charge < -0.3 is 10.4 Å². The van der Waals surface area contributed by atoms with Crippen molar-refractivity contribution >= 4 is 11.7 Å². The first kappa shape index (κ1) is 18.7. The third-order valence-corrected chi connectivity index (χ3v) is 5.12. The summed E-state index contributed by atoms with van der Waals surface area (Å²) in [5.41, 5.74) is 2.11. The molecule has 24 heavy (non-hydrogen) atoms. The summed E-state index contributed by atoms with van der Waals surface area (Å²) in [4.78, 5) is 24.1. The lowest BCUT2D eigenvalue weighted by atomic mass is 9.93. The van der Waals surface area contributed by atoms with Crippen molar-refractivity contribution in [1.29, 1.82) is 0 Å². The maximum absolute atomic E-state index is 12.4. The van der Waals surface area contributed by atoms with Crippen molar-refractivity contribution < 1.29 is 14.7 Å². The lowest BCUT2D eigenvalue weighted by molar-refractivity contribution is -0.123. The molecule has 0 heterocycles. The molecule has 132 valence electrons. The number of hydrogen-bond acceptors (Lipinski definition) is 3. The highest BCUT2D eigenvalue weighted by atomic mass is 16.3. The van der Waals surface area contributed by atoms with E-state index in [1.54, 1.807) is 0 Å². The average Bonchev–Trinajstić information content (AvgIpc) is 2.97. The molecule has 0 radical (unpaired) electrons. The summed E-state index contributed by atoms with van der Waals surface area (Å²) >= 11 is 0. The van der Waals surface area contributed by atoms with Crippen molar-refractivity contribution in [2.75, 3.05) is 6.61 Å². The molecule has 1 aromatic carbocycles. The topological polar surface area (TPSA) is 66.4 Å². The van der Waals surface area contributed by atoms with E-state index in [1.165, 1.54) is 0 Å². The first-order valence-electron chi connectivity index (χ1n) is 8.95. The van der Waals surface area contributed by atoms with E-state index in [2.05, 4.69) is 5.32 Å². The summed E-state index contributed by atoms with van der Waals surface area (Å²) in [6.07, 6.45) is 3.54. The van der Waals surface area contributed by atoms with Gasteiger partial charge in [0.05, 0.1) is 18.6 Å². The lowest BCUT2D eigenvalue weighted by Gasteiger charge is -2.22. The summed E-state index contributed by atoms with van der Waals surface area (Å²) in [6.45, 7) is 5.78. The normalized spacial score (nSPS) is 20.2. The number of carbonyl (C=O) groups is 2. The Kier molecular flexibility index (Phi) is 6.55. The Labute approximate surface area is 144 Å². The van der Waals surface area contributed by atoms with Gasteiger partial charge in [-0.15, -0.1) is 0 Å². The van der Waals surface area contributed by atoms with Crippen LogP contribution in [-0.4, -0.2) is 29.4 Å². The highest BCUT2D eigenvalue weighted by Gasteiger charge is 2.25. The van der Waals surface area contributed by atoms with Gasteiger partial charge in [0, 0.05) is 12.3 Å². The molecular formula is C20H29NO3. The largest absolute Gasteiger partial charge is 0.394 e. The number of ketones is 1. The van der Waals surface area contributed by atoms with Gasteiger partial charge in [-0.3, -0.25) is 9.59 Å². The standard InChI is InChI=1S/C20H29NO3/c1-13(2)18(12-22)21-20(24)14(3)16-9-7-15(8-10-16)11-17-5-4-6-19(17)23/h7-10,13-14,17-18,22H,4-6,11-12H2,1-3H3,(H,21,24)/t14-,17-,18+/m0/s1. The minimum Gasteiger partial charge on any atom is -0.394 e. The number of aliphatic hydroxyl groups is 1. The van der Waals surface area contributed by atoms with Crippen LogP contribution in [0.5, 0.6) is 0 Å². The van der Waals surface area contributed by atoms with Gasteiger partial charge in [0.15, 0.2) is 0 Å². The average molecular weight is 331 g/mol. The van der Waals surface area contributed by atoms with Crippen molar-refractivity contribution in [2.45, 2.75) is 58.4 Å². The van der Waals surface area contributed by atoms with E-state index in [4.69, 9.17) is 0 Å². The zero-order chi connectivity index (χ0) is 17.7. The minimum atomic E-state index is -0.264. The Morgan fingerprint density at radius 3 is 2.42 bits per heavy atom. The van der Waals surface area contributed by atoms with Gasteiger partial charge in [-0.05, 0) is 43.2 Å². The Bertz CT molecular complexity index is 565. The molecule has 0 bridgehead atoms. The predicted octanol–water partition coefficient (Wildman–Crippen LogP) is 2.83. The second-order valence-corrected chi connectivity index (χ2v) is 7.26. The SMILES string of the molecule is CC(C)[C@@H](CO)NC(=O)[C@@H](C)c1ccc(C[C@@H]2CCCC2=O)cc1. The first-order valence-corrected chi connectivity index (χ1v) is 8.95. The molecule has 1 aromatic rings. The van der Waals surface area contributed by atoms with Crippen LogP contribution in [0.15, 0.2) is 24.3 Å². The summed E-state index contributed by atoms with van der Waals surface area (Å²) in [5.74, 6) is 0.419.